The molecule has 0 bridgehead atoms. The van der Waals surface area contributed by atoms with Gasteiger partial charge in [-0.2, -0.15) is 0 Å². The second-order valence-corrected chi connectivity index (χ2v) is 39.8. The van der Waals surface area contributed by atoms with Gasteiger partial charge >= 0.3 is 0 Å². The molecule has 1 aliphatic carbocycles. The molecule has 0 spiro atoms. The molecule has 1 saturated carbocycles. The zero-order valence-corrected chi connectivity index (χ0v) is 47.7. The van der Waals surface area contributed by atoms with Crippen molar-refractivity contribution < 1.29 is 32.6 Å². The Balaban J connectivity index is 1.68. The molecule has 0 aromatic carbocycles. The van der Waals surface area contributed by atoms with Crippen molar-refractivity contribution in [2.24, 2.45) is 17.8 Å². The lowest BCUT2D eigenvalue weighted by Gasteiger charge is -2.56. The van der Waals surface area contributed by atoms with Crippen LogP contribution in [0.15, 0.2) is 24.3 Å². The van der Waals surface area contributed by atoms with Gasteiger partial charge in [0, 0.05) is 16.8 Å². The van der Waals surface area contributed by atoms with Crippen LogP contribution in [-0.2, 0) is 27.5 Å². The second kappa shape index (κ2) is 20.8. The van der Waals surface area contributed by atoms with Crippen LogP contribution in [0.5, 0.6) is 0 Å². The van der Waals surface area contributed by atoms with Crippen LogP contribution in [0.25, 0.3) is 0 Å². The molecular weight excluding hydrogens is 924 g/mol. The van der Waals surface area contributed by atoms with E-state index in [1.54, 1.807) is 0 Å². The van der Waals surface area contributed by atoms with Crippen LogP contribution in [-0.4, -0.2) is 95.0 Å². The highest BCUT2D eigenvalue weighted by Crippen LogP contribution is 2.51. The van der Waals surface area contributed by atoms with Gasteiger partial charge in [0.15, 0.2) is 25.0 Å². The zero-order chi connectivity index (χ0) is 46.1. The third-order valence-electron chi connectivity index (χ3n) is 16.7. The molecule has 3 heterocycles. The van der Waals surface area contributed by atoms with Gasteiger partial charge in [-0.05, 0) is 131 Å². The normalized spacial score (nSPS) is 33.6. The average molecular weight is 1020 g/mol. The van der Waals surface area contributed by atoms with Gasteiger partial charge in [-0.3, -0.25) is 0 Å². The number of halogens is 1. The smallest absolute Gasteiger partial charge is 0.192 e. The van der Waals surface area contributed by atoms with E-state index in [1.165, 1.54) is 5.57 Å². The lowest BCUT2D eigenvalue weighted by molar-refractivity contribution is -0.196. The van der Waals surface area contributed by atoms with Gasteiger partial charge in [0.25, 0.3) is 0 Å². The summed E-state index contributed by atoms with van der Waals surface area (Å²) in [5, 5.41) is 11.9. The van der Waals surface area contributed by atoms with Crippen LogP contribution < -0.4 is 0 Å². The second-order valence-electron chi connectivity index (χ2n) is 24.8. The number of rotatable bonds is 18. The van der Waals surface area contributed by atoms with Gasteiger partial charge in [0.2, 0.25) is 0 Å². The van der Waals surface area contributed by atoms with Crippen molar-refractivity contribution in [3.63, 3.8) is 0 Å². The molecule has 0 aromatic rings. The summed E-state index contributed by atoms with van der Waals surface area (Å²) in [7, 11) is -6.86. The number of fused-ring (bicyclic) bond motifs is 2. The Hall–Kier alpha value is 0.581. The van der Waals surface area contributed by atoms with E-state index in [1.807, 2.05) is 6.08 Å². The number of alkyl halides is 1. The Morgan fingerprint density at radius 3 is 1.92 bits per heavy atom. The largest absolute Gasteiger partial charge is 0.411 e. The van der Waals surface area contributed by atoms with Gasteiger partial charge in [0.1, 0.15) is 5.60 Å². The van der Waals surface area contributed by atoms with Crippen molar-refractivity contribution in [2.45, 2.75) is 269 Å². The van der Waals surface area contributed by atoms with E-state index >= 15 is 0 Å². The third kappa shape index (κ3) is 13.4. The number of hydrogen-bond donors (Lipinski definition) is 1. The van der Waals surface area contributed by atoms with Gasteiger partial charge in [-0.15, -0.1) is 0 Å². The summed E-state index contributed by atoms with van der Waals surface area (Å²) in [4.78, 5) is 0. The standard InChI is InChI=1S/C50H95IO7Si3/c1-20-21-38-25-22-36-31-41(45(57-60(16,17)48(8,9)10)46(44(36)54-38)58-61(18,19)49(11,12)13)42(56-59(14,15)47(5,6)7)28-24-37(52)23-26-40-32-50(33-51)43(53-40)29-27-39(55-50)30-35(4)34(2)3/h24,28,35-46,52H,2,20-23,25-27,29-33H2,1,3-19H3/b28-24+/t35-,36-,37?,38+,39-,40+,41+,42+,43+,44+,45-,46+,50-/m1/s1. The Bertz CT molecular complexity index is 1450. The highest BCUT2D eigenvalue weighted by molar-refractivity contribution is 14.1. The van der Waals surface area contributed by atoms with Crippen molar-refractivity contribution >= 4 is 47.5 Å². The number of hydrogen-bond acceptors (Lipinski definition) is 7. The molecule has 1 unspecified atom stereocenters. The molecule has 7 nitrogen and oxygen atoms in total. The van der Waals surface area contributed by atoms with Gasteiger partial charge in [-0.1, -0.05) is 129 Å². The molecule has 4 aliphatic rings. The first kappa shape index (κ1) is 54.2. The molecule has 0 amide bonds. The van der Waals surface area contributed by atoms with Crippen molar-refractivity contribution in [1.82, 2.24) is 0 Å². The van der Waals surface area contributed by atoms with E-state index in [4.69, 9.17) is 27.5 Å². The number of allylic oxidation sites excluding steroid dienone is 1. The van der Waals surface area contributed by atoms with E-state index < -0.39 is 31.1 Å². The SMILES string of the molecule is C=C(C)[C@H](C)C[C@H]1CC[C@@H]2O[C@@H](CCC(O)/C=C/[C@H](O[Si](C)(C)C(C)(C)C)[C@@H]3C[C@H]4CC[C@H](CCC)O[C@@H]4[C@H](O[Si](C)(C)C(C)(C)C)[C@@H]3O[Si](C)(C)C(C)(C)C)C[C@]2(CI)O1. The van der Waals surface area contributed by atoms with Crippen molar-refractivity contribution in [1.29, 1.82) is 0 Å². The first-order valence-electron chi connectivity index (χ1n) is 24.5. The monoisotopic (exact) mass is 1020 g/mol. The summed E-state index contributed by atoms with van der Waals surface area (Å²) in [6.07, 6.45) is 14.5. The van der Waals surface area contributed by atoms with E-state index in [0.29, 0.717) is 18.3 Å². The molecule has 3 aliphatic heterocycles. The molecule has 4 fully saturated rings. The van der Waals surface area contributed by atoms with E-state index in [2.05, 4.69) is 158 Å². The molecule has 356 valence electrons. The minimum Gasteiger partial charge on any atom is -0.411 e. The molecule has 0 aromatic heterocycles. The van der Waals surface area contributed by atoms with Gasteiger partial charge < -0.3 is 32.6 Å². The molecule has 11 heteroatoms. The Labute approximate surface area is 392 Å². The third-order valence-corrected chi connectivity index (χ3v) is 31.4. The summed E-state index contributed by atoms with van der Waals surface area (Å²) in [6.45, 7) is 46.2. The van der Waals surface area contributed by atoms with Crippen molar-refractivity contribution in [3.8, 4) is 0 Å². The highest BCUT2D eigenvalue weighted by Gasteiger charge is 2.57. The quantitative estimate of drug-likeness (QED) is 0.0634. The summed E-state index contributed by atoms with van der Waals surface area (Å²) >= 11 is 2.51. The van der Waals surface area contributed by atoms with Gasteiger partial charge in [0.05, 0.1) is 54.9 Å². The van der Waals surface area contributed by atoms with E-state index in [9.17, 15) is 5.11 Å². The predicted molar refractivity (Wildman–Crippen MR) is 273 cm³/mol. The van der Waals surface area contributed by atoms with Crippen LogP contribution in [0.4, 0.5) is 0 Å². The minimum absolute atomic E-state index is 0.0109. The molecule has 1 N–H and O–H groups in total. The van der Waals surface area contributed by atoms with E-state index in [0.717, 1.165) is 68.6 Å². The van der Waals surface area contributed by atoms with Crippen LogP contribution >= 0.6 is 22.6 Å². The lowest BCUT2D eigenvalue weighted by Crippen LogP contribution is -2.65. The maximum atomic E-state index is 11.8. The molecule has 3 saturated heterocycles. The fourth-order valence-corrected chi connectivity index (χ4v) is 14.3. The first-order valence-corrected chi connectivity index (χ1v) is 34.7. The number of aliphatic hydroxyl groups is 1. The predicted octanol–water partition coefficient (Wildman–Crippen LogP) is 14.0. The van der Waals surface area contributed by atoms with Crippen LogP contribution in [0, 0.1) is 17.8 Å². The average Bonchev–Trinajstić information content (AvgIpc) is 3.50. The summed E-state index contributed by atoms with van der Waals surface area (Å²) in [6, 6.07) is 0. The van der Waals surface area contributed by atoms with Crippen LogP contribution in [0.2, 0.25) is 54.4 Å². The first-order chi connectivity index (χ1) is 27.9. The number of ether oxygens (including phenoxy) is 3. The van der Waals surface area contributed by atoms with Crippen LogP contribution in [0.1, 0.15) is 154 Å². The summed E-state index contributed by atoms with van der Waals surface area (Å²) in [5.74, 6) is 0.859. The fourth-order valence-electron chi connectivity index (χ4n) is 9.34. The summed E-state index contributed by atoms with van der Waals surface area (Å²) < 4.78 is 44.7. The van der Waals surface area contributed by atoms with Crippen molar-refractivity contribution in [2.75, 3.05) is 4.43 Å². The molecule has 0 radical (unpaired) electrons. The number of aliphatic hydroxyl groups excluding tert-OH is 1. The molecule has 61 heavy (non-hydrogen) atoms. The molecule has 13 atom stereocenters. The Kier molecular flexibility index (Phi) is 18.5. The van der Waals surface area contributed by atoms with Crippen molar-refractivity contribution in [3.05, 3.63) is 24.3 Å². The highest BCUT2D eigenvalue weighted by atomic mass is 127. The molecular formula is C50H95IO7Si3. The zero-order valence-electron chi connectivity index (χ0n) is 42.5. The summed E-state index contributed by atoms with van der Waals surface area (Å²) in [5.41, 5.74) is 0.981. The van der Waals surface area contributed by atoms with Crippen LogP contribution in [0.3, 0.4) is 0 Å². The maximum Gasteiger partial charge on any atom is 0.192 e. The lowest BCUT2D eigenvalue weighted by atomic mass is 9.70. The fraction of sp³-hybridized carbons (Fsp3) is 0.920. The Morgan fingerprint density at radius 2 is 1.38 bits per heavy atom. The Morgan fingerprint density at radius 1 is 0.803 bits per heavy atom. The molecule has 4 rings (SSSR count). The van der Waals surface area contributed by atoms with Gasteiger partial charge in [-0.25, -0.2) is 0 Å². The van der Waals surface area contributed by atoms with E-state index in [-0.39, 0.29) is 75.5 Å². The topological polar surface area (TPSA) is 75.6 Å². The minimum atomic E-state index is -2.31. The maximum absolute atomic E-state index is 11.8.